The molecular weight excluding hydrogens is 254 g/mol. The van der Waals surface area contributed by atoms with E-state index in [2.05, 4.69) is 0 Å². The summed E-state index contributed by atoms with van der Waals surface area (Å²) in [5.41, 5.74) is 0. The van der Waals surface area contributed by atoms with Gasteiger partial charge in [0.05, 0.1) is 14.3 Å². The second kappa shape index (κ2) is 7.32. The van der Waals surface area contributed by atoms with Gasteiger partial charge in [-0.25, -0.2) is 0 Å². The molecule has 0 fully saturated rings. The Balaban J connectivity index is 0.00000180. The van der Waals surface area contributed by atoms with Crippen molar-refractivity contribution in [3.05, 3.63) is 54.6 Å². The predicted octanol–water partition coefficient (Wildman–Crippen LogP) is 2.43. The highest BCUT2D eigenvalue weighted by Gasteiger charge is 2.11. The molecule has 2 aromatic rings. The number of benzene rings is 2. The van der Waals surface area contributed by atoms with Crippen molar-refractivity contribution in [2.45, 2.75) is 20.0 Å². The first-order chi connectivity index (χ1) is 8.66. The van der Waals surface area contributed by atoms with Crippen LogP contribution >= 0.6 is 8.15 Å². The third kappa shape index (κ3) is 4.38. The van der Waals surface area contributed by atoms with Gasteiger partial charge in [-0.05, 0) is 26.0 Å². The van der Waals surface area contributed by atoms with Gasteiger partial charge in [-0.15, -0.1) is 0 Å². The van der Waals surface area contributed by atoms with Gasteiger partial charge in [0.2, 0.25) is 0 Å². The summed E-state index contributed by atoms with van der Waals surface area (Å²) in [5.74, 6) is 0.806. The van der Waals surface area contributed by atoms with Crippen LogP contribution in [0.3, 0.4) is 0 Å². The quantitative estimate of drug-likeness (QED) is 0.683. The Hall–Kier alpha value is -1.31. The molecule has 19 heavy (non-hydrogen) atoms. The van der Waals surface area contributed by atoms with Crippen LogP contribution in [0.15, 0.2) is 54.6 Å². The van der Waals surface area contributed by atoms with Gasteiger partial charge in [0.1, 0.15) is 5.75 Å². The van der Waals surface area contributed by atoms with Crippen molar-refractivity contribution >= 4 is 27.2 Å². The summed E-state index contributed by atoms with van der Waals surface area (Å²) in [6.07, 6.45) is 0.141. The molecule has 2 nitrogen and oxygen atoms in total. The highest BCUT2D eigenvalue weighted by Crippen LogP contribution is 2.29. The van der Waals surface area contributed by atoms with Crippen LogP contribution < -0.4 is 15.3 Å². The van der Waals surface area contributed by atoms with Crippen molar-refractivity contribution in [1.82, 2.24) is 0 Å². The summed E-state index contributed by atoms with van der Waals surface area (Å²) in [7, 11) is -1.29. The molecule has 1 unspecified atom stereocenters. The predicted molar refractivity (Wildman–Crippen MR) is 82.8 cm³/mol. The molecule has 0 aliphatic heterocycles. The summed E-state index contributed by atoms with van der Waals surface area (Å²) >= 11 is 0. The molecular formula is C15H17BO2P. The molecule has 1 N–H and O–H groups in total. The first-order valence-corrected chi connectivity index (χ1v) is 7.27. The van der Waals surface area contributed by atoms with Crippen LogP contribution in [-0.2, 0) is 0 Å². The Kier molecular flexibility index (Phi) is 6.07. The zero-order valence-corrected chi connectivity index (χ0v) is 12.0. The maximum absolute atomic E-state index is 10.4. The summed E-state index contributed by atoms with van der Waals surface area (Å²) in [5, 5.41) is 1.86. The van der Waals surface area contributed by atoms with E-state index in [0.29, 0.717) is 0 Å². The third-order valence-corrected chi connectivity index (χ3v) is 3.99. The van der Waals surface area contributed by atoms with E-state index in [0.717, 1.165) is 16.4 Å². The maximum atomic E-state index is 10.4. The van der Waals surface area contributed by atoms with Crippen molar-refractivity contribution in [2.24, 2.45) is 0 Å². The van der Waals surface area contributed by atoms with Gasteiger partial charge in [-0.2, -0.15) is 0 Å². The monoisotopic (exact) mass is 271 g/mol. The van der Waals surface area contributed by atoms with Gasteiger partial charge < -0.3 is 9.63 Å². The topological polar surface area (TPSA) is 29.5 Å². The SMILES string of the molecule is CC(C)Oc1cccc(P(O)c2ccccc2)c1.[B]. The third-order valence-electron chi connectivity index (χ3n) is 2.43. The highest BCUT2D eigenvalue weighted by atomic mass is 31.1. The average molecular weight is 271 g/mol. The van der Waals surface area contributed by atoms with Crippen LogP contribution in [-0.4, -0.2) is 19.4 Å². The van der Waals surface area contributed by atoms with E-state index in [1.54, 1.807) is 0 Å². The molecule has 0 bridgehead atoms. The van der Waals surface area contributed by atoms with Crippen LogP contribution in [0.2, 0.25) is 0 Å². The fourth-order valence-corrected chi connectivity index (χ4v) is 2.91. The molecule has 97 valence electrons. The molecule has 0 aliphatic rings. The van der Waals surface area contributed by atoms with Gasteiger partial charge in [-0.3, -0.25) is 0 Å². The van der Waals surface area contributed by atoms with Crippen LogP contribution in [0.4, 0.5) is 0 Å². The van der Waals surface area contributed by atoms with Crippen molar-refractivity contribution in [3.63, 3.8) is 0 Å². The molecule has 4 heteroatoms. The van der Waals surface area contributed by atoms with E-state index in [1.165, 1.54) is 0 Å². The van der Waals surface area contributed by atoms with E-state index in [9.17, 15) is 4.89 Å². The number of hydrogen-bond donors (Lipinski definition) is 1. The van der Waals surface area contributed by atoms with Gasteiger partial charge in [0, 0.05) is 19.0 Å². The van der Waals surface area contributed by atoms with E-state index >= 15 is 0 Å². The number of hydrogen-bond acceptors (Lipinski definition) is 2. The average Bonchev–Trinajstić information content (AvgIpc) is 2.38. The minimum Gasteiger partial charge on any atom is -0.491 e. The standard InChI is InChI=1S/C15H17O2P.B/c1-12(2)17-13-7-6-10-15(11-13)18(16)14-8-4-3-5-9-14;/h3-12,16H,1-2H3;. The van der Waals surface area contributed by atoms with Gasteiger partial charge in [0.25, 0.3) is 0 Å². The molecule has 1 atom stereocenters. The molecule has 0 amide bonds. The summed E-state index contributed by atoms with van der Waals surface area (Å²) in [4.78, 5) is 10.4. The van der Waals surface area contributed by atoms with Gasteiger partial charge >= 0.3 is 0 Å². The first-order valence-electron chi connectivity index (χ1n) is 5.97. The van der Waals surface area contributed by atoms with Gasteiger partial charge in [-0.1, -0.05) is 42.5 Å². The normalized spacial score (nSPS) is 11.8. The van der Waals surface area contributed by atoms with Crippen molar-refractivity contribution < 1.29 is 9.63 Å². The minimum absolute atomic E-state index is 0. The van der Waals surface area contributed by atoms with Gasteiger partial charge in [0.15, 0.2) is 0 Å². The van der Waals surface area contributed by atoms with E-state index in [4.69, 9.17) is 4.74 Å². The fourth-order valence-electron chi connectivity index (χ4n) is 1.68. The summed E-state index contributed by atoms with van der Waals surface area (Å²) in [6.45, 7) is 3.98. The summed E-state index contributed by atoms with van der Waals surface area (Å²) < 4.78 is 5.64. The second-order valence-electron chi connectivity index (χ2n) is 4.31. The molecule has 2 rings (SSSR count). The molecule has 0 aromatic heterocycles. The lowest BCUT2D eigenvalue weighted by Crippen LogP contribution is -2.12. The molecule has 0 saturated carbocycles. The van der Waals surface area contributed by atoms with E-state index in [-0.39, 0.29) is 14.5 Å². The molecule has 0 heterocycles. The van der Waals surface area contributed by atoms with E-state index < -0.39 is 8.15 Å². The molecule has 3 radical (unpaired) electrons. The van der Waals surface area contributed by atoms with Crippen molar-refractivity contribution in [3.8, 4) is 5.75 Å². The van der Waals surface area contributed by atoms with E-state index in [1.807, 2.05) is 68.4 Å². The zero-order chi connectivity index (χ0) is 13.0. The molecule has 0 saturated heterocycles. The lowest BCUT2D eigenvalue weighted by atomic mass is 10.3. The van der Waals surface area contributed by atoms with Crippen LogP contribution in [0.1, 0.15) is 13.8 Å². The maximum Gasteiger partial charge on any atom is 0.120 e. The van der Waals surface area contributed by atoms with Crippen LogP contribution in [0, 0.1) is 0 Å². The largest absolute Gasteiger partial charge is 0.491 e. The Labute approximate surface area is 117 Å². The Morgan fingerprint density at radius 2 is 1.58 bits per heavy atom. The number of ether oxygens (including phenoxy) is 1. The smallest absolute Gasteiger partial charge is 0.120 e. The Morgan fingerprint density at radius 3 is 2.21 bits per heavy atom. The van der Waals surface area contributed by atoms with Crippen molar-refractivity contribution in [2.75, 3.05) is 0 Å². The zero-order valence-electron chi connectivity index (χ0n) is 11.2. The van der Waals surface area contributed by atoms with Crippen LogP contribution in [0.5, 0.6) is 5.75 Å². The fraction of sp³-hybridized carbons (Fsp3) is 0.200. The second-order valence-corrected chi connectivity index (χ2v) is 5.97. The lowest BCUT2D eigenvalue weighted by Gasteiger charge is -2.14. The Bertz CT molecular complexity index is 503. The minimum atomic E-state index is -1.29. The molecule has 0 aliphatic carbocycles. The number of rotatable bonds is 4. The molecule has 0 spiro atoms. The summed E-state index contributed by atoms with van der Waals surface area (Å²) in [6, 6.07) is 17.4. The lowest BCUT2D eigenvalue weighted by molar-refractivity contribution is 0.242. The molecule has 2 aromatic carbocycles. The van der Waals surface area contributed by atoms with Crippen molar-refractivity contribution in [1.29, 1.82) is 0 Å². The highest BCUT2D eigenvalue weighted by molar-refractivity contribution is 7.67. The Morgan fingerprint density at radius 1 is 0.947 bits per heavy atom. The first kappa shape index (κ1) is 15.8. The van der Waals surface area contributed by atoms with Crippen LogP contribution in [0.25, 0.3) is 0 Å².